The quantitative estimate of drug-likeness (QED) is 0.608. The fourth-order valence-electron chi connectivity index (χ4n) is 3.13. The van der Waals surface area contributed by atoms with Crippen LogP contribution < -0.4 is 5.32 Å². The lowest BCUT2D eigenvalue weighted by Gasteiger charge is -2.09. The number of nitrogens with one attached hydrogen (secondary N) is 1. The number of nitrogens with zero attached hydrogens (tertiary/aromatic N) is 1. The summed E-state index contributed by atoms with van der Waals surface area (Å²) in [6.07, 6.45) is 0. The van der Waals surface area contributed by atoms with Crippen molar-refractivity contribution in [3.05, 3.63) is 71.9 Å². The molecule has 2 heterocycles. The number of hydrogen-bond acceptors (Lipinski definition) is 2. The molecule has 0 saturated carbocycles. The van der Waals surface area contributed by atoms with Gasteiger partial charge in [0, 0.05) is 24.5 Å². The average molecular weight is 318 g/mol. The lowest BCUT2D eigenvalue weighted by Crippen LogP contribution is -2.25. The summed E-state index contributed by atoms with van der Waals surface area (Å²) in [7, 11) is 0. The summed E-state index contributed by atoms with van der Waals surface area (Å²) < 4.78 is 7.90. The van der Waals surface area contributed by atoms with Gasteiger partial charge in [-0.25, -0.2) is 0 Å². The highest BCUT2D eigenvalue weighted by molar-refractivity contribution is 6.07. The first-order chi connectivity index (χ1) is 11.8. The SMILES string of the molecule is CCn1c(C(=O)NCc2ccccc2)cc2oc3ccccc3c21. The zero-order chi connectivity index (χ0) is 16.5. The highest BCUT2D eigenvalue weighted by Crippen LogP contribution is 2.31. The Morgan fingerprint density at radius 2 is 1.79 bits per heavy atom. The van der Waals surface area contributed by atoms with E-state index in [9.17, 15) is 4.79 Å². The van der Waals surface area contributed by atoms with Crippen molar-refractivity contribution in [3.63, 3.8) is 0 Å². The Bertz CT molecular complexity index is 1010. The number of hydrogen-bond donors (Lipinski definition) is 1. The van der Waals surface area contributed by atoms with Crippen molar-refractivity contribution < 1.29 is 9.21 Å². The summed E-state index contributed by atoms with van der Waals surface area (Å²) in [6, 6.07) is 19.6. The molecule has 4 rings (SSSR count). The van der Waals surface area contributed by atoms with Gasteiger partial charge in [0.15, 0.2) is 5.58 Å². The molecule has 0 aliphatic heterocycles. The highest BCUT2D eigenvalue weighted by atomic mass is 16.3. The van der Waals surface area contributed by atoms with Crippen molar-refractivity contribution >= 4 is 28.0 Å². The average Bonchev–Trinajstić information content (AvgIpc) is 3.16. The Morgan fingerprint density at radius 1 is 1.04 bits per heavy atom. The van der Waals surface area contributed by atoms with Crippen LogP contribution in [0.1, 0.15) is 23.0 Å². The molecule has 120 valence electrons. The van der Waals surface area contributed by atoms with Gasteiger partial charge in [-0.2, -0.15) is 0 Å². The summed E-state index contributed by atoms with van der Waals surface area (Å²) >= 11 is 0. The molecule has 0 spiro atoms. The standard InChI is InChI=1S/C20H18N2O2/c1-2-22-16(20(23)21-13-14-8-4-3-5-9-14)12-18-19(22)15-10-6-7-11-17(15)24-18/h3-12H,2,13H2,1H3,(H,21,23). The third-order valence-corrected chi connectivity index (χ3v) is 4.27. The van der Waals surface area contributed by atoms with Crippen LogP contribution >= 0.6 is 0 Å². The van der Waals surface area contributed by atoms with Crippen LogP contribution in [0.3, 0.4) is 0 Å². The van der Waals surface area contributed by atoms with Crippen LogP contribution in [0.5, 0.6) is 0 Å². The summed E-state index contributed by atoms with van der Waals surface area (Å²) in [5, 5.41) is 4.03. The second-order valence-electron chi connectivity index (χ2n) is 5.75. The molecular weight excluding hydrogens is 300 g/mol. The van der Waals surface area contributed by atoms with Crippen molar-refractivity contribution in [1.82, 2.24) is 9.88 Å². The molecule has 24 heavy (non-hydrogen) atoms. The van der Waals surface area contributed by atoms with E-state index in [4.69, 9.17) is 4.42 Å². The van der Waals surface area contributed by atoms with E-state index in [0.717, 1.165) is 27.6 Å². The Hall–Kier alpha value is -3.01. The molecule has 4 heteroatoms. The highest BCUT2D eigenvalue weighted by Gasteiger charge is 2.19. The van der Waals surface area contributed by atoms with E-state index >= 15 is 0 Å². The van der Waals surface area contributed by atoms with Gasteiger partial charge in [0.1, 0.15) is 11.3 Å². The number of fused-ring (bicyclic) bond motifs is 3. The van der Waals surface area contributed by atoms with Gasteiger partial charge in [-0.1, -0.05) is 42.5 Å². The van der Waals surface area contributed by atoms with Gasteiger partial charge in [0.05, 0.1) is 5.52 Å². The topological polar surface area (TPSA) is 47.2 Å². The molecular formula is C20H18N2O2. The molecule has 0 bridgehead atoms. The van der Waals surface area contributed by atoms with Gasteiger partial charge >= 0.3 is 0 Å². The predicted octanol–water partition coefficient (Wildman–Crippen LogP) is 4.34. The summed E-state index contributed by atoms with van der Waals surface area (Å²) in [5.74, 6) is -0.0869. The predicted molar refractivity (Wildman–Crippen MR) is 95.0 cm³/mol. The summed E-state index contributed by atoms with van der Waals surface area (Å²) in [6.45, 7) is 3.26. The molecule has 0 unspecified atom stereocenters. The lowest BCUT2D eigenvalue weighted by atomic mass is 10.2. The van der Waals surface area contributed by atoms with Gasteiger partial charge in [-0.05, 0) is 24.6 Å². The molecule has 1 N–H and O–H groups in total. The maximum atomic E-state index is 12.6. The molecule has 0 saturated heterocycles. The van der Waals surface area contributed by atoms with E-state index in [2.05, 4.69) is 5.32 Å². The van der Waals surface area contributed by atoms with Crippen LogP contribution in [0.15, 0.2) is 65.1 Å². The van der Waals surface area contributed by atoms with Gasteiger partial charge < -0.3 is 14.3 Å². The van der Waals surface area contributed by atoms with Crippen LogP contribution in [-0.4, -0.2) is 10.5 Å². The molecule has 2 aromatic carbocycles. The number of para-hydroxylation sites is 1. The van der Waals surface area contributed by atoms with Crippen LogP contribution in [-0.2, 0) is 13.1 Å². The third-order valence-electron chi connectivity index (χ3n) is 4.27. The lowest BCUT2D eigenvalue weighted by molar-refractivity contribution is 0.0942. The monoisotopic (exact) mass is 318 g/mol. The molecule has 2 aromatic heterocycles. The third kappa shape index (κ3) is 2.36. The number of furan rings is 1. The van der Waals surface area contributed by atoms with Gasteiger partial charge in [-0.15, -0.1) is 0 Å². The maximum absolute atomic E-state index is 12.6. The van der Waals surface area contributed by atoms with Crippen molar-refractivity contribution in [2.24, 2.45) is 0 Å². The summed E-state index contributed by atoms with van der Waals surface area (Å²) in [5.41, 5.74) is 4.30. The molecule has 0 fully saturated rings. The van der Waals surface area contributed by atoms with Gasteiger partial charge in [0.25, 0.3) is 5.91 Å². The van der Waals surface area contributed by atoms with Crippen molar-refractivity contribution in [2.75, 3.05) is 0 Å². The van der Waals surface area contributed by atoms with Crippen molar-refractivity contribution in [2.45, 2.75) is 20.0 Å². The first kappa shape index (κ1) is 14.6. The zero-order valence-electron chi connectivity index (χ0n) is 13.5. The largest absolute Gasteiger partial charge is 0.454 e. The van der Waals surface area contributed by atoms with Gasteiger partial charge in [-0.3, -0.25) is 4.79 Å². The molecule has 4 nitrogen and oxygen atoms in total. The first-order valence-electron chi connectivity index (χ1n) is 8.11. The minimum atomic E-state index is -0.0869. The minimum Gasteiger partial charge on any atom is -0.454 e. The maximum Gasteiger partial charge on any atom is 0.268 e. The van der Waals surface area contributed by atoms with E-state index in [-0.39, 0.29) is 5.91 Å². The smallest absolute Gasteiger partial charge is 0.268 e. The molecule has 1 amide bonds. The number of amides is 1. The summed E-state index contributed by atoms with van der Waals surface area (Å²) in [4.78, 5) is 12.6. The van der Waals surface area contributed by atoms with E-state index < -0.39 is 0 Å². The Morgan fingerprint density at radius 3 is 2.58 bits per heavy atom. The Kier molecular flexibility index (Phi) is 3.58. The number of aryl methyl sites for hydroxylation is 1. The second kappa shape index (κ2) is 5.89. The zero-order valence-corrected chi connectivity index (χ0v) is 13.5. The molecule has 0 radical (unpaired) electrons. The van der Waals surface area contributed by atoms with E-state index in [1.165, 1.54) is 0 Å². The van der Waals surface area contributed by atoms with E-state index in [0.29, 0.717) is 18.8 Å². The molecule has 0 aliphatic carbocycles. The van der Waals surface area contributed by atoms with Crippen LogP contribution in [0.4, 0.5) is 0 Å². The van der Waals surface area contributed by atoms with Gasteiger partial charge in [0.2, 0.25) is 0 Å². The number of aromatic nitrogens is 1. The first-order valence-corrected chi connectivity index (χ1v) is 8.11. The Balaban J connectivity index is 1.69. The number of carbonyl (C=O) groups is 1. The number of carbonyl (C=O) groups excluding carboxylic acids is 1. The minimum absolute atomic E-state index is 0.0869. The normalized spacial score (nSPS) is 11.2. The van der Waals surface area contributed by atoms with Crippen LogP contribution in [0.25, 0.3) is 22.1 Å². The van der Waals surface area contributed by atoms with E-state index in [1.807, 2.05) is 72.2 Å². The molecule has 0 aliphatic rings. The number of rotatable bonds is 4. The van der Waals surface area contributed by atoms with Crippen molar-refractivity contribution in [1.29, 1.82) is 0 Å². The molecule has 4 aromatic rings. The fourth-order valence-corrected chi connectivity index (χ4v) is 3.13. The Labute approximate surface area is 139 Å². The van der Waals surface area contributed by atoms with Crippen molar-refractivity contribution in [3.8, 4) is 0 Å². The fraction of sp³-hybridized carbons (Fsp3) is 0.150. The van der Waals surface area contributed by atoms with Crippen LogP contribution in [0.2, 0.25) is 0 Å². The molecule has 0 atom stereocenters. The van der Waals surface area contributed by atoms with E-state index in [1.54, 1.807) is 0 Å². The number of benzene rings is 2. The second-order valence-corrected chi connectivity index (χ2v) is 5.75. The van der Waals surface area contributed by atoms with Crippen LogP contribution in [0, 0.1) is 0 Å².